The van der Waals surface area contributed by atoms with Crippen LogP contribution in [0.2, 0.25) is 0 Å². The number of carbonyl (C=O) groups is 2. The van der Waals surface area contributed by atoms with Gasteiger partial charge < -0.3 is 30.1 Å². The molecular formula is C21H36IN7O3. The van der Waals surface area contributed by atoms with Crippen molar-refractivity contribution < 1.29 is 14.3 Å². The van der Waals surface area contributed by atoms with Crippen LogP contribution in [-0.4, -0.2) is 93.2 Å². The molecule has 1 aliphatic heterocycles. The molecule has 1 aliphatic rings. The van der Waals surface area contributed by atoms with Crippen molar-refractivity contribution in [2.75, 3.05) is 59.3 Å². The molecule has 0 spiro atoms. The normalized spacial score (nSPS) is 14.3. The van der Waals surface area contributed by atoms with Gasteiger partial charge in [-0.15, -0.1) is 24.0 Å². The van der Waals surface area contributed by atoms with Crippen LogP contribution in [0.25, 0.3) is 0 Å². The number of hydrogen-bond acceptors (Lipinski definition) is 6. The maximum absolute atomic E-state index is 12.0. The average molecular weight is 561 g/mol. The predicted octanol–water partition coefficient (Wildman–Crippen LogP) is 1.51. The standard InChI is InChI=1S/C21H35N7O3.HI/c1-6-31-21(30)28-12-10-16(11-13-28)25-20(23-15-19(29)27(4)5)22-14-17-8-7-9-18(24-17)26(2)3;/h7-9,16H,6,10-15H2,1-5H3,(H2,22,23,25);1H. The molecular weight excluding hydrogens is 525 g/mol. The molecule has 10 nitrogen and oxygen atoms in total. The van der Waals surface area contributed by atoms with Gasteiger partial charge in [-0.3, -0.25) is 4.79 Å². The Hall–Kier alpha value is -2.31. The van der Waals surface area contributed by atoms with Crippen LogP contribution >= 0.6 is 24.0 Å². The Labute approximate surface area is 207 Å². The molecule has 1 aromatic rings. The molecule has 0 saturated carbocycles. The number of aromatic nitrogens is 1. The lowest BCUT2D eigenvalue weighted by atomic mass is 10.1. The molecule has 2 heterocycles. The lowest BCUT2D eigenvalue weighted by Crippen LogP contribution is -2.51. The lowest BCUT2D eigenvalue weighted by molar-refractivity contribution is -0.127. The van der Waals surface area contributed by atoms with Gasteiger partial charge in [-0.1, -0.05) is 6.07 Å². The highest BCUT2D eigenvalue weighted by Gasteiger charge is 2.24. The lowest BCUT2D eigenvalue weighted by Gasteiger charge is -2.32. The Morgan fingerprint density at radius 2 is 1.91 bits per heavy atom. The monoisotopic (exact) mass is 561 g/mol. The number of amides is 2. The molecule has 180 valence electrons. The van der Waals surface area contributed by atoms with E-state index in [0.29, 0.717) is 32.2 Å². The van der Waals surface area contributed by atoms with Gasteiger partial charge in [-0.05, 0) is 31.9 Å². The van der Waals surface area contributed by atoms with Gasteiger partial charge in [0.05, 0.1) is 25.4 Å². The Morgan fingerprint density at radius 3 is 2.50 bits per heavy atom. The third-order valence-corrected chi connectivity index (χ3v) is 4.92. The molecule has 32 heavy (non-hydrogen) atoms. The highest BCUT2D eigenvalue weighted by atomic mass is 127. The Bertz CT molecular complexity index is 766. The molecule has 2 N–H and O–H groups in total. The number of aliphatic imine (C=N–C) groups is 1. The van der Waals surface area contributed by atoms with E-state index in [1.165, 1.54) is 4.90 Å². The zero-order valence-electron chi connectivity index (χ0n) is 19.6. The SMILES string of the molecule is CCOC(=O)N1CCC(NC(=NCc2cccc(N(C)C)n2)NCC(=O)N(C)C)CC1.I. The minimum atomic E-state index is -0.267. The molecule has 1 fully saturated rings. The van der Waals surface area contributed by atoms with E-state index in [2.05, 4.69) is 20.6 Å². The minimum Gasteiger partial charge on any atom is -0.450 e. The van der Waals surface area contributed by atoms with Crippen molar-refractivity contribution in [3.63, 3.8) is 0 Å². The fourth-order valence-electron chi connectivity index (χ4n) is 3.05. The van der Waals surface area contributed by atoms with Gasteiger partial charge in [-0.2, -0.15) is 0 Å². The number of nitrogens with zero attached hydrogens (tertiary/aromatic N) is 5. The first-order chi connectivity index (χ1) is 14.8. The third kappa shape index (κ3) is 9.05. The fraction of sp³-hybridized carbons (Fsp3) is 0.619. The third-order valence-electron chi connectivity index (χ3n) is 4.92. The smallest absolute Gasteiger partial charge is 0.409 e. The number of ether oxygens (including phenoxy) is 1. The highest BCUT2D eigenvalue weighted by molar-refractivity contribution is 14.0. The first-order valence-corrected chi connectivity index (χ1v) is 10.6. The van der Waals surface area contributed by atoms with Crippen molar-refractivity contribution in [2.45, 2.75) is 32.4 Å². The number of anilines is 1. The maximum atomic E-state index is 12.0. The van der Waals surface area contributed by atoms with Gasteiger partial charge in [0.15, 0.2) is 5.96 Å². The largest absolute Gasteiger partial charge is 0.450 e. The molecule has 0 aromatic carbocycles. The van der Waals surface area contributed by atoms with Gasteiger partial charge in [0.1, 0.15) is 5.82 Å². The number of pyridine rings is 1. The number of halogens is 1. The van der Waals surface area contributed by atoms with Crippen LogP contribution in [0.1, 0.15) is 25.5 Å². The second kappa shape index (κ2) is 14.0. The summed E-state index contributed by atoms with van der Waals surface area (Å²) in [7, 11) is 7.32. The molecule has 0 aliphatic carbocycles. The zero-order valence-corrected chi connectivity index (χ0v) is 22.0. The molecule has 2 amide bonds. The number of rotatable bonds is 7. The number of piperidine rings is 1. The maximum Gasteiger partial charge on any atom is 0.409 e. The quantitative estimate of drug-likeness (QED) is 0.296. The van der Waals surface area contributed by atoms with Gasteiger partial charge in [0, 0.05) is 47.3 Å². The summed E-state index contributed by atoms with van der Waals surface area (Å²) < 4.78 is 5.08. The van der Waals surface area contributed by atoms with Crippen LogP contribution in [0.4, 0.5) is 10.6 Å². The summed E-state index contributed by atoms with van der Waals surface area (Å²) in [6, 6.07) is 5.97. The zero-order chi connectivity index (χ0) is 22.8. The Balaban J connectivity index is 0.00000512. The average Bonchev–Trinajstić information content (AvgIpc) is 2.76. The van der Waals surface area contributed by atoms with Crippen molar-refractivity contribution >= 4 is 47.8 Å². The minimum absolute atomic E-state index is 0. The van der Waals surface area contributed by atoms with Gasteiger partial charge >= 0.3 is 6.09 Å². The number of nitrogens with one attached hydrogen (secondary N) is 2. The highest BCUT2D eigenvalue weighted by Crippen LogP contribution is 2.12. The van der Waals surface area contributed by atoms with Crippen LogP contribution < -0.4 is 15.5 Å². The van der Waals surface area contributed by atoms with E-state index in [0.717, 1.165) is 24.4 Å². The molecule has 0 radical (unpaired) electrons. The van der Waals surface area contributed by atoms with Crippen molar-refractivity contribution in [1.29, 1.82) is 0 Å². The number of hydrogen-bond donors (Lipinski definition) is 2. The molecule has 0 unspecified atom stereocenters. The second-order valence-electron chi connectivity index (χ2n) is 7.79. The van der Waals surface area contributed by atoms with Crippen molar-refractivity contribution in [3.05, 3.63) is 23.9 Å². The van der Waals surface area contributed by atoms with Gasteiger partial charge in [-0.25, -0.2) is 14.8 Å². The summed E-state index contributed by atoms with van der Waals surface area (Å²) >= 11 is 0. The van der Waals surface area contributed by atoms with E-state index in [-0.39, 0.29) is 48.6 Å². The first-order valence-electron chi connectivity index (χ1n) is 10.6. The van der Waals surface area contributed by atoms with Crippen molar-refractivity contribution in [1.82, 2.24) is 25.4 Å². The molecule has 0 atom stereocenters. The Kier molecular flexibility index (Phi) is 12.1. The van der Waals surface area contributed by atoms with Crippen LogP contribution in [0.3, 0.4) is 0 Å². The van der Waals surface area contributed by atoms with Crippen LogP contribution in [0.15, 0.2) is 23.2 Å². The van der Waals surface area contributed by atoms with E-state index in [1.807, 2.05) is 37.2 Å². The molecule has 11 heteroatoms. The number of carbonyl (C=O) groups excluding carboxylic acids is 2. The van der Waals surface area contributed by atoms with Crippen LogP contribution in [-0.2, 0) is 16.1 Å². The number of likely N-dealkylation sites (tertiary alicyclic amines) is 1. The van der Waals surface area contributed by atoms with Crippen molar-refractivity contribution in [2.24, 2.45) is 4.99 Å². The number of guanidine groups is 1. The summed E-state index contributed by atoms with van der Waals surface area (Å²) in [6.07, 6.45) is 1.28. The van der Waals surface area contributed by atoms with E-state index in [4.69, 9.17) is 4.74 Å². The summed E-state index contributed by atoms with van der Waals surface area (Å²) in [5.41, 5.74) is 0.836. The Morgan fingerprint density at radius 1 is 1.22 bits per heavy atom. The van der Waals surface area contributed by atoms with E-state index in [9.17, 15) is 9.59 Å². The first kappa shape index (κ1) is 27.7. The van der Waals surface area contributed by atoms with Crippen LogP contribution in [0.5, 0.6) is 0 Å². The van der Waals surface area contributed by atoms with E-state index >= 15 is 0 Å². The second-order valence-corrected chi connectivity index (χ2v) is 7.79. The van der Waals surface area contributed by atoms with Crippen molar-refractivity contribution in [3.8, 4) is 0 Å². The molecule has 1 saturated heterocycles. The van der Waals surface area contributed by atoms with E-state index in [1.54, 1.807) is 25.9 Å². The van der Waals surface area contributed by atoms with E-state index < -0.39 is 0 Å². The topological polar surface area (TPSA) is 102 Å². The van der Waals surface area contributed by atoms with Gasteiger partial charge in [0.2, 0.25) is 5.91 Å². The summed E-state index contributed by atoms with van der Waals surface area (Å²) in [6.45, 7) is 3.94. The molecule has 0 bridgehead atoms. The number of likely N-dealkylation sites (N-methyl/N-ethyl adjacent to an activating group) is 1. The summed E-state index contributed by atoms with van der Waals surface area (Å²) in [4.78, 5) is 38.3. The molecule has 2 rings (SSSR count). The van der Waals surface area contributed by atoms with Gasteiger partial charge in [0.25, 0.3) is 0 Å². The summed E-state index contributed by atoms with van der Waals surface area (Å²) in [5, 5.41) is 6.51. The summed E-state index contributed by atoms with van der Waals surface area (Å²) in [5.74, 6) is 1.38. The van der Waals surface area contributed by atoms with Crippen LogP contribution in [0, 0.1) is 0 Å². The fourth-order valence-corrected chi connectivity index (χ4v) is 3.05. The predicted molar refractivity (Wildman–Crippen MR) is 137 cm³/mol. The molecule has 1 aromatic heterocycles.